The molecule has 1 aromatic carbocycles. The molecule has 0 saturated heterocycles. The monoisotopic (exact) mass is 464 g/mol. The molecule has 0 aliphatic carbocycles. The zero-order valence-corrected chi connectivity index (χ0v) is 18.3. The maximum Gasteiger partial charge on any atom is 0.191 e. The highest BCUT2D eigenvalue weighted by molar-refractivity contribution is 14.0. The molecule has 0 radical (unpaired) electrons. The number of benzene rings is 1. The number of hydrogen-bond acceptors (Lipinski definition) is 2. The van der Waals surface area contributed by atoms with Crippen LogP contribution in [0.4, 0.5) is 4.39 Å². The summed E-state index contributed by atoms with van der Waals surface area (Å²) in [6.45, 7) is 10.6. The first-order valence-corrected chi connectivity index (χ1v) is 9.03. The third-order valence-electron chi connectivity index (χ3n) is 4.26. The van der Waals surface area contributed by atoms with E-state index in [1.165, 1.54) is 12.5 Å². The Bertz CT molecular complexity index is 492. The number of aliphatic imine (C=N–C) groups is 1. The standard InChI is InChI=1S/C19H33FN4.HI/c1-5-24(6-2)15-9-10-16(3)23-19(21-4)22-14-13-17-11-7-8-12-18(17)20;/h7-8,11-12,16H,5-6,9-10,13-15H2,1-4H3,(H2,21,22,23);1H. The van der Waals surface area contributed by atoms with E-state index in [9.17, 15) is 4.39 Å². The second-order valence-electron chi connectivity index (χ2n) is 6.05. The number of halogens is 2. The van der Waals surface area contributed by atoms with Gasteiger partial charge in [-0.1, -0.05) is 32.0 Å². The number of nitrogens with zero attached hydrogens (tertiary/aromatic N) is 2. The van der Waals surface area contributed by atoms with E-state index in [1.54, 1.807) is 13.1 Å². The lowest BCUT2D eigenvalue weighted by Crippen LogP contribution is -2.43. The van der Waals surface area contributed by atoms with Crippen molar-refractivity contribution < 1.29 is 4.39 Å². The Hall–Kier alpha value is -0.890. The quantitative estimate of drug-likeness (QED) is 0.316. The van der Waals surface area contributed by atoms with Gasteiger partial charge < -0.3 is 15.5 Å². The molecule has 0 saturated carbocycles. The van der Waals surface area contributed by atoms with Gasteiger partial charge in [0.2, 0.25) is 0 Å². The van der Waals surface area contributed by atoms with Crippen LogP contribution in [0, 0.1) is 5.82 Å². The van der Waals surface area contributed by atoms with Crippen LogP contribution in [0.15, 0.2) is 29.3 Å². The summed E-state index contributed by atoms with van der Waals surface area (Å²) in [4.78, 5) is 6.69. The van der Waals surface area contributed by atoms with E-state index in [4.69, 9.17) is 0 Å². The van der Waals surface area contributed by atoms with Gasteiger partial charge in [0.1, 0.15) is 5.82 Å². The van der Waals surface area contributed by atoms with E-state index in [1.807, 2.05) is 12.1 Å². The Balaban J connectivity index is 0.00000576. The zero-order valence-electron chi connectivity index (χ0n) is 16.0. The molecule has 0 aliphatic rings. The van der Waals surface area contributed by atoms with Crippen molar-refractivity contribution in [1.29, 1.82) is 0 Å². The van der Waals surface area contributed by atoms with Crippen LogP contribution in [0.2, 0.25) is 0 Å². The molecule has 1 unspecified atom stereocenters. The number of rotatable bonds is 10. The van der Waals surface area contributed by atoms with Crippen molar-refractivity contribution in [3.63, 3.8) is 0 Å². The molecule has 6 heteroatoms. The summed E-state index contributed by atoms with van der Waals surface area (Å²) in [5, 5.41) is 6.66. The lowest BCUT2D eigenvalue weighted by atomic mass is 10.1. The van der Waals surface area contributed by atoms with Crippen molar-refractivity contribution in [1.82, 2.24) is 15.5 Å². The predicted octanol–water partition coefficient (Wildman–Crippen LogP) is 3.66. The third kappa shape index (κ3) is 9.99. The summed E-state index contributed by atoms with van der Waals surface area (Å²) in [6.07, 6.45) is 2.91. The highest BCUT2D eigenvalue weighted by atomic mass is 127. The first-order valence-electron chi connectivity index (χ1n) is 9.03. The fraction of sp³-hybridized carbons (Fsp3) is 0.632. The van der Waals surface area contributed by atoms with Gasteiger partial charge in [-0.05, 0) is 57.5 Å². The smallest absolute Gasteiger partial charge is 0.191 e. The van der Waals surface area contributed by atoms with Crippen LogP contribution in [0.5, 0.6) is 0 Å². The number of hydrogen-bond donors (Lipinski definition) is 2. The van der Waals surface area contributed by atoms with Crippen molar-refractivity contribution in [2.45, 2.75) is 46.1 Å². The van der Waals surface area contributed by atoms with Crippen molar-refractivity contribution in [2.75, 3.05) is 33.2 Å². The molecule has 1 rings (SSSR count). The predicted molar refractivity (Wildman–Crippen MR) is 117 cm³/mol. The summed E-state index contributed by atoms with van der Waals surface area (Å²) >= 11 is 0. The average molecular weight is 464 g/mol. The van der Waals surface area contributed by atoms with Gasteiger partial charge in [-0.2, -0.15) is 0 Å². The Labute approximate surface area is 169 Å². The second-order valence-corrected chi connectivity index (χ2v) is 6.05. The van der Waals surface area contributed by atoms with E-state index >= 15 is 0 Å². The molecular weight excluding hydrogens is 430 g/mol. The first-order chi connectivity index (χ1) is 11.6. The minimum Gasteiger partial charge on any atom is -0.356 e. The molecule has 1 aromatic rings. The van der Waals surface area contributed by atoms with Gasteiger partial charge >= 0.3 is 0 Å². The molecule has 4 nitrogen and oxygen atoms in total. The Kier molecular flexibility index (Phi) is 13.8. The van der Waals surface area contributed by atoms with E-state index in [-0.39, 0.29) is 29.8 Å². The summed E-state index contributed by atoms with van der Waals surface area (Å²) in [5.74, 6) is 0.633. The van der Waals surface area contributed by atoms with Crippen LogP contribution >= 0.6 is 24.0 Å². The van der Waals surface area contributed by atoms with Gasteiger partial charge in [0.25, 0.3) is 0 Å². The van der Waals surface area contributed by atoms with Crippen LogP contribution in [0.1, 0.15) is 39.2 Å². The number of guanidine groups is 1. The molecule has 0 heterocycles. The van der Waals surface area contributed by atoms with Gasteiger partial charge in [-0.25, -0.2) is 4.39 Å². The summed E-state index contributed by atoms with van der Waals surface area (Å²) in [7, 11) is 1.76. The van der Waals surface area contributed by atoms with Crippen LogP contribution in [-0.4, -0.2) is 50.1 Å². The summed E-state index contributed by atoms with van der Waals surface area (Å²) in [6, 6.07) is 7.26. The molecule has 0 amide bonds. The van der Waals surface area contributed by atoms with E-state index in [2.05, 4.69) is 41.3 Å². The summed E-state index contributed by atoms with van der Waals surface area (Å²) < 4.78 is 13.6. The average Bonchev–Trinajstić information content (AvgIpc) is 2.59. The summed E-state index contributed by atoms with van der Waals surface area (Å²) in [5.41, 5.74) is 0.729. The highest BCUT2D eigenvalue weighted by Gasteiger charge is 2.07. The van der Waals surface area contributed by atoms with Crippen LogP contribution in [0.25, 0.3) is 0 Å². The normalized spacial score (nSPS) is 12.6. The Morgan fingerprint density at radius 3 is 2.52 bits per heavy atom. The molecular formula is C19H34FIN4. The SMILES string of the molecule is CCN(CC)CCCC(C)NC(=NC)NCCc1ccccc1F.I. The maximum absolute atomic E-state index is 13.6. The van der Waals surface area contributed by atoms with Gasteiger partial charge in [-0.15, -0.1) is 24.0 Å². The lowest BCUT2D eigenvalue weighted by Gasteiger charge is -2.21. The molecule has 0 spiro atoms. The molecule has 1 atom stereocenters. The van der Waals surface area contributed by atoms with E-state index < -0.39 is 0 Å². The maximum atomic E-state index is 13.6. The van der Waals surface area contributed by atoms with E-state index in [0.29, 0.717) is 19.0 Å². The minimum atomic E-state index is -0.146. The van der Waals surface area contributed by atoms with Crippen molar-refractivity contribution in [3.05, 3.63) is 35.6 Å². The van der Waals surface area contributed by atoms with Gasteiger partial charge in [0.15, 0.2) is 5.96 Å². The number of nitrogens with one attached hydrogen (secondary N) is 2. The fourth-order valence-electron chi connectivity index (χ4n) is 2.68. The van der Waals surface area contributed by atoms with Crippen molar-refractivity contribution in [2.24, 2.45) is 4.99 Å². The molecule has 25 heavy (non-hydrogen) atoms. The lowest BCUT2D eigenvalue weighted by molar-refractivity contribution is 0.292. The largest absolute Gasteiger partial charge is 0.356 e. The molecule has 0 aromatic heterocycles. The van der Waals surface area contributed by atoms with Gasteiger partial charge in [0.05, 0.1) is 0 Å². The fourth-order valence-corrected chi connectivity index (χ4v) is 2.68. The van der Waals surface area contributed by atoms with Crippen LogP contribution in [-0.2, 0) is 6.42 Å². The van der Waals surface area contributed by atoms with Crippen molar-refractivity contribution in [3.8, 4) is 0 Å². The second kappa shape index (κ2) is 14.3. The molecule has 144 valence electrons. The third-order valence-corrected chi connectivity index (χ3v) is 4.26. The van der Waals surface area contributed by atoms with Crippen molar-refractivity contribution >= 4 is 29.9 Å². The van der Waals surface area contributed by atoms with Crippen LogP contribution < -0.4 is 10.6 Å². The molecule has 0 aliphatic heterocycles. The van der Waals surface area contributed by atoms with Gasteiger partial charge in [0, 0.05) is 19.6 Å². The molecule has 0 fully saturated rings. The topological polar surface area (TPSA) is 39.7 Å². The van der Waals surface area contributed by atoms with Crippen LogP contribution in [0.3, 0.4) is 0 Å². The first kappa shape index (κ1) is 24.1. The highest BCUT2D eigenvalue weighted by Crippen LogP contribution is 2.06. The zero-order chi connectivity index (χ0) is 17.8. The Morgan fingerprint density at radius 1 is 1.24 bits per heavy atom. The Morgan fingerprint density at radius 2 is 1.92 bits per heavy atom. The minimum absolute atomic E-state index is 0. The molecule has 2 N–H and O–H groups in total. The molecule has 0 bridgehead atoms. The van der Waals surface area contributed by atoms with E-state index in [0.717, 1.165) is 37.6 Å². The van der Waals surface area contributed by atoms with Gasteiger partial charge in [-0.3, -0.25) is 4.99 Å².